The fourth-order valence-corrected chi connectivity index (χ4v) is 2.64. The molecule has 0 saturated carbocycles. The SMILES string of the molecule is O=c1[nH]cc(-c2ccccc2)n1C1CCNCC1. The van der Waals surface area contributed by atoms with E-state index in [-0.39, 0.29) is 5.69 Å². The molecule has 0 spiro atoms. The summed E-state index contributed by atoms with van der Waals surface area (Å²) in [5.74, 6) is 0. The molecule has 2 aromatic rings. The highest BCUT2D eigenvalue weighted by Crippen LogP contribution is 2.24. The van der Waals surface area contributed by atoms with Crippen LogP contribution < -0.4 is 11.0 Å². The lowest BCUT2D eigenvalue weighted by molar-refractivity contribution is 0.364. The molecule has 4 heteroatoms. The molecule has 94 valence electrons. The zero-order valence-electron chi connectivity index (χ0n) is 10.2. The second-order valence-corrected chi connectivity index (χ2v) is 4.70. The lowest BCUT2D eigenvalue weighted by atomic mass is 10.1. The number of rotatable bonds is 2. The normalized spacial score (nSPS) is 16.9. The van der Waals surface area contributed by atoms with E-state index in [1.165, 1.54) is 0 Å². The molecule has 4 nitrogen and oxygen atoms in total. The number of nitrogens with one attached hydrogen (secondary N) is 2. The van der Waals surface area contributed by atoms with Crippen molar-refractivity contribution in [3.63, 3.8) is 0 Å². The monoisotopic (exact) mass is 243 g/mol. The highest BCUT2D eigenvalue weighted by Gasteiger charge is 2.20. The molecule has 1 fully saturated rings. The number of imidazole rings is 1. The second kappa shape index (κ2) is 4.82. The van der Waals surface area contributed by atoms with Gasteiger partial charge in [0.1, 0.15) is 0 Å². The van der Waals surface area contributed by atoms with Gasteiger partial charge in [-0.2, -0.15) is 0 Å². The van der Waals surface area contributed by atoms with Gasteiger partial charge >= 0.3 is 5.69 Å². The predicted octanol–water partition coefficient (Wildman–Crippen LogP) is 1.77. The molecule has 1 aromatic heterocycles. The Kier molecular flexibility index (Phi) is 3.02. The number of hydrogen-bond donors (Lipinski definition) is 2. The molecule has 0 atom stereocenters. The largest absolute Gasteiger partial charge is 0.326 e. The maximum Gasteiger partial charge on any atom is 0.326 e. The predicted molar refractivity (Wildman–Crippen MR) is 71.6 cm³/mol. The molecule has 18 heavy (non-hydrogen) atoms. The van der Waals surface area contributed by atoms with Crippen molar-refractivity contribution in [3.8, 4) is 11.3 Å². The first kappa shape index (κ1) is 11.3. The summed E-state index contributed by atoms with van der Waals surface area (Å²) in [6.45, 7) is 1.97. The van der Waals surface area contributed by atoms with Gasteiger partial charge in [-0.15, -0.1) is 0 Å². The van der Waals surface area contributed by atoms with Crippen molar-refractivity contribution in [2.45, 2.75) is 18.9 Å². The summed E-state index contributed by atoms with van der Waals surface area (Å²) in [6.07, 6.45) is 3.84. The van der Waals surface area contributed by atoms with E-state index in [9.17, 15) is 4.79 Å². The van der Waals surface area contributed by atoms with Crippen LogP contribution in [0, 0.1) is 0 Å². The number of benzene rings is 1. The maximum absolute atomic E-state index is 12.0. The number of H-pyrrole nitrogens is 1. The number of hydrogen-bond acceptors (Lipinski definition) is 2. The van der Waals surface area contributed by atoms with Gasteiger partial charge in [0, 0.05) is 12.2 Å². The minimum atomic E-state index is 0.000697. The van der Waals surface area contributed by atoms with Gasteiger partial charge in [-0.05, 0) is 31.5 Å². The van der Waals surface area contributed by atoms with Gasteiger partial charge in [-0.3, -0.25) is 4.57 Å². The molecule has 0 unspecified atom stereocenters. The number of piperidine rings is 1. The van der Waals surface area contributed by atoms with E-state index < -0.39 is 0 Å². The molecule has 1 aliphatic rings. The van der Waals surface area contributed by atoms with E-state index in [1.807, 2.05) is 41.1 Å². The van der Waals surface area contributed by atoms with Crippen molar-refractivity contribution in [2.75, 3.05) is 13.1 Å². The van der Waals surface area contributed by atoms with Gasteiger partial charge in [0.25, 0.3) is 0 Å². The Morgan fingerprint density at radius 3 is 2.56 bits per heavy atom. The summed E-state index contributed by atoms with van der Waals surface area (Å²) in [5, 5.41) is 3.33. The molecule has 0 radical (unpaired) electrons. The molecule has 3 rings (SSSR count). The van der Waals surface area contributed by atoms with E-state index in [0.29, 0.717) is 6.04 Å². The molecule has 0 bridgehead atoms. The third-order valence-corrected chi connectivity index (χ3v) is 3.55. The van der Waals surface area contributed by atoms with Gasteiger partial charge < -0.3 is 10.3 Å². The average Bonchev–Trinajstić information content (AvgIpc) is 2.83. The van der Waals surface area contributed by atoms with Crippen molar-refractivity contribution in [1.82, 2.24) is 14.9 Å². The molecular weight excluding hydrogens is 226 g/mol. The Bertz CT molecular complexity index is 564. The fraction of sp³-hybridized carbons (Fsp3) is 0.357. The van der Waals surface area contributed by atoms with Crippen LogP contribution in [0.2, 0.25) is 0 Å². The highest BCUT2D eigenvalue weighted by atomic mass is 16.1. The summed E-state index contributed by atoms with van der Waals surface area (Å²) >= 11 is 0. The first-order valence-electron chi connectivity index (χ1n) is 6.42. The molecule has 0 amide bonds. The molecule has 0 aliphatic carbocycles. The minimum Gasteiger partial charge on any atom is -0.317 e. The van der Waals surface area contributed by atoms with Crippen LogP contribution in [-0.2, 0) is 0 Å². The van der Waals surface area contributed by atoms with Gasteiger partial charge in [-0.1, -0.05) is 30.3 Å². The molecular formula is C14H17N3O. The van der Waals surface area contributed by atoms with Crippen molar-refractivity contribution < 1.29 is 0 Å². The van der Waals surface area contributed by atoms with Gasteiger partial charge in [-0.25, -0.2) is 4.79 Å². The van der Waals surface area contributed by atoms with E-state index in [4.69, 9.17) is 0 Å². The summed E-state index contributed by atoms with van der Waals surface area (Å²) in [7, 11) is 0. The Balaban J connectivity index is 2.03. The van der Waals surface area contributed by atoms with E-state index >= 15 is 0 Å². The van der Waals surface area contributed by atoms with Crippen molar-refractivity contribution in [2.24, 2.45) is 0 Å². The first-order valence-corrected chi connectivity index (χ1v) is 6.42. The third kappa shape index (κ3) is 1.99. The van der Waals surface area contributed by atoms with Crippen LogP contribution in [0.3, 0.4) is 0 Å². The summed E-state index contributed by atoms with van der Waals surface area (Å²) < 4.78 is 1.91. The van der Waals surface area contributed by atoms with Gasteiger partial charge in [0.05, 0.1) is 5.69 Å². The first-order chi connectivity index (χ1) is 8.86. The van der Waals surface area contributed by atoms with Crippen LogP contribution in [0.4, 0.5) is 0 Å². The van der Waals surface area contributed by atoms with E-state index in [2.05, 4.69) is 10.3 Å². The van der Waals surface area contributed by atoms with Crippen molar-refractivity contribution >= 4 is 0 Å². The summed E-state index contributed by atoms with van der Waals surface area (Å²) in [4.78, 5) is 14.8. The van der Waals surface area contributed by atoms with Gasteiger partial charge in [0.15, 0.2) is 0 Å². The molecule has 1 aliphatic heterocycles. The van der Waals surface area contributed by atoms with Gasteiger partial charge in [0.2, 0.25) is 0 Å². The summed E-state index contributed by atoms with van der Waals surface area (Å²) in [6, 6.07) is 10.4. The topological polar surface area (TPSA) is 49.8 Å². The standard InChI is InChI=1S/C14H17N3O/c18-14-16-10-13(11-4-2-1-3-5-11)17(14)12-6-8-15-9-7-12/h1-5,10,12,15H,6-9H2,(H,16,18). The average molecular weight is 243 g/mol. The lowest BCUT2D eigenvalue weighted by Crippen LogP contribution is -2.33. The number of nitrogens with zero attached hydrogens (tertiary/aromatic N) is 1. The van der Waals surface area contributed by atoms with Crippen LogP contribution in [0.5, 0.6) is 0 Å². The minimum absolute atomic E-state index is 0.000697. The van der Waals surface area contributed by atoms with Crippen molar-refractivity contribution in [3.05, 3.63) is 47.0 Å². The molecule has 2 heterocycles. The van der Waals surface area contributed by atoms with Crippen LogP contribution in [0.15, 0.2) is 41.3 Å². The highest BCUT2D eigenvalue weighted by molar-refractivity contribution is 5.58. The Morgan fingerprint density at radius 1 is 1.11 bits per heavy atom. The quantitative estimate of drug-likeness (QED) is 0.844. The van der Waals surface area contributed by atoms with E-state index in [1.54, 1.807) is 0 Å². The maximum atomic E-state index is 12.0. The molecule has 1 saturated heterocycles. The smallest absolute Gasteiger partial charge is 0.317 e. The zero-order valence-corrected chi connectivity index (χ0v) is 10.2. The third-order valence-electron chi connectivity index (χ3n) is 3.55. The number of aromatic nitrogens is 2. The fourth-order valence-electron chi connectivity index (χ4n) is 2.64. The molecule has 2 N–H and O–H groups in total. The van der Waals surface area contributed by atoms with Crippen LogP contribution in [0.1, 0.15) is 18.9 Å². The number of aromatic amines is 1. The van der Waals surface area contributed by atoms with Crippen LogP contribution in [0.25, 0.3) is 11.3 Å². The Labute approximate surface area is 106 Å². The molecule has 1 aromatic carbocycles. The van der Waals surface area contributed by atoms with E-state index in [0.717, 1.165) is 37.2 Å². The Morgan fingerprint density at radius 2 is 1.83 bits per heavy atom. The van der Waals surface area contributed by atoms with Crippen LogP contribution >= 0.6 is 0 Å². The van der Waals surface area contributed by atoms with Crippen molar-refractivity contribution in [1.29, 1.82) is 0 Å². The second-order valence-electron chi connectivity index (χ2n) is 4.70. The Hall–Kier alpha value is -1.81. The van der Waals surface area contributed by atoms with Crippen LogP contribution in [-0.4, -0.2) is 22.6 Å². The zero-order chi connectivity index (χ0) is 12.4. The lowest BCUT2D eigenvalue weighted by Gasteiger charge is -2.24. The summed E-state index contributed by atoms with van der Waals surface area (Å²) in [5.41, 5.74) is 2.09.